The topological polar surface area (TPSA) is 67.6 Å². The van der Waals surface area contributed by atoms with Gasteiger partial charge >= 0.3 is 0 Å². The minimum absolute atomic E-state index is 0. The van der Waals surface area contributed by atoms with Crippen molar-refractivity contribution in [2.24, 2.45) is 5.73 Å². The molecule has 2 rings (SSSR count). The Morgan fingerprint density at radius 3 is 2.44 bits per heavy atom. The van der Waals surface area contributed by atoms with Crippen LogP contribution in [0.4, 0.5) is 13.2 Å². The molecular formula is C15H22Cl2F3N3O2. The highest BCUT2D eigenvalue weighted by atomic mass is 35.5. The first-order valence-corrected chi connectivity index (χ1v) is 7.36. The van der Waals surface area contributed by atoms with Gasteiger partial charge < -0.3 is 15.8 Å². The molecule has 0 radical (unpaired) electrons. The first-order valence-electron chi connectivity index (χ1n) is 7.36. The number of nitrogens with zero attached hydrogens (tertiary/aromatic N) is 1. The van der Waals surface area contributed by atoms with Gasteiger partial charge in [0.1, 0.15) is 11.9 Å². The number of amides is 1. The van der Waals surface area contributed by atoms with E-state index < -0.39 is 36.8 Å². The number of halogens is 5. The number of nitrogens with two attached hydrogens (primary N) is 1. The molecule has 1 aliphatic heterocycles. The number of morpholine rings is 1. The number of hydrogen-bond donors (Lipinski definition) is 2. The van der Waals surface area contributed by atoms with Crippen LogP contribution < -0.4 is 11.1 Å². The van der Waals surface area contributed by atoms with E-state index in [9.17, 15) is 18.0 Å². The van der Waals surface area contributed by atoms with Gasteiger partial charge in [-0.25, -0.2) is 13.2 Å². The van der Waals surface area contributed by atoms with E-state index in [0.29, 0.717) is 26.3 Å². The van der Waals surface area contributed by atoms with Crippen molar-refractivity contribution >= 4 is 30.7 Å². The maximum atomic E-state index is 14.1. The maximum Gasteiger partial charge on any atom is 0.277 e. The quantitative estimate of drug-likeness (QED) is 0.759. The Hall–Kier alpha value is -1.06. The molecule has 25 heavy (non-hydrogen) atoms. The SMILES string of the molecule is Cl.Cl.NCC(F)(F)CNC(=O)C(c1ccccc1F)N1CCOCC1. The van der Waals surface area contributed by atoms with Gasteiger partial charge in [0.25, 0.3) is 5.92 Å². The van der Waals surface area contributed by atoms with Crippen LogP contribution in [0.2, 0.25) is 0 Å². The second kappa shape index (κ2) is 10.8. The van der Waals surface area contributed by atoms with Gasteiger partial charge in [-0.1, -0.05) is 18.2 Å². The van der Waals surface area contributed by atoms with Crippen molar-refractivity contribution in [2.75, 3.05) is 39.4 Å². The first-order chi connectivity index (χ1) is 10.9. The summed E-state index contributed by atoms with van der Waals surface area (Å²) < 4.78 is 45.8. The van der Waals surface area contributed by atoms with Crippen molar-refractivity contribution in [1.82, 2.24) is 10.2 Å². The third-order valence-electron chi connectivity index (χ3n) is 3.68. The molecule has 0 spiro atoms. The number of ether oxygens (including phenoxy) is 1. The predicted molar refractivity (Wildman–Crippen MR) is 93.0 cm³/mol. The van der Waals surface area contributed by atoms with Gasteiger partial charge in [-0.05, 0) is 6.07 Å². The molecular weight excluding hydrogens is 382 g/mol. The predicted octanol–water partition coefficient (Wildman–Crippen LogP) is 1.75. The van der Waals surface area contributed by atoms with Gasteiger partial charge in [0.15, 0.2) is 0 Å². The molecule has 3 N–H and O–H groups in total. The maximum absolute atomic E-state index is 14.1. The summed E-state index contributed by atoms with van der Waals surface area (Å²) in [7, 11) is 0. The Kier molecular flexibility index (Phi) is 10.4. The fraction of sp³-hybridized carbons (Fsp3) is 0.533. The summed E-state index contributed by atoms with van der Waals surface area (Å²) in [4.78, 5) is 14.1. The summed E-state index contributed by atoms with van der Waals surface area (Å²) in [5, 5.41) is 2.18. The Labute approximate surface area is 156 Å². The first kappa shape index (κ1) is 23.9. The van der Waals surface area contributed by atoms with Crippen LogP contribution in [0.3, 0.4) is 0 Å². The van der Waals surface area contributed by atoms with E-state index in [1.807, 2.05) is 0 Å². The van der Waals surface area contributed by atoms with E-state index in [-0.39, 0.29) is 30.4 Å². The number of carbonyl (C=O) groups is 1. The van der Waals surface area contributed by atoms with Gasteiger partial charge in [0, 0.05) is 18.7 Å². The Morgan fingerprint density at radius 1 is 1.28 bits per heavy atom. The zero-order chi connectivity index (χ0) is 16.9. The van der Waals surface area contributed by atoms with Crippen LogP contribution in [0.25, 0.3) is 0 Å². The van der Waals surface area contributed by atoms with Gasteiger partial charge in [-0.15, -0.1) is 24.8 Å². The number of carbonyl (C=O) groups excluding carboxylic acids is 1. The van der Waals surface area contributed by atoms with Crippen LogP contribution >= 0.6 is 24.8 Å². The second-order valence-electron chi connectivity index (χ2n) is 5.35. The van der Waals surface area contributed by atoms with Crippen molar-refractivity contribution in [3.63, 3.8) is 0 Å². The minimum Gasteiger partial charge on any atom is -0.379 e. The molecule has 1 amide bonds. The summed E-state index contributed by atoms with van der Waals surface area (Å²) in [5.41, 5.74) is 5.11. The summed E-state index contributed by atoms with van der Waals surface area (Å²) >= 11 is 0. The summed E-state index contributed by atoms with van der Waals surface area (Å²) in [6.45, 7) is -0.111. The fourth-order valence-corrected chi connectivity index (χ4v) is 2.42. The molecule has 10 heteroatoms. The zero-order valence-electron chi connectivity index (χ0n) is 13.4. The standard InChI is InChI=1S/C15H20F3N3O2.2ClH/c16-12-4-2-1-3-11(12)13(21-5-7-23-8-6-21)14(22)20-10-15(17,18)9-19;;/h1-4,13H,5-10,19H2,(H,20,22);2*1H. The molecule has 1 unspecified atom stereocenters. The summed E-state index contributed by atoms with van der Waals surface area (Å²) in [6.07, 6.45) is 0. The number of rotatable bonds is 6. The highest BCUT2D eigenvalue weighted by Crippen LogP contribution is 2.25. The highest BCUT2D eigenvalue weighted by molar-refractivity contribution is 5.85. The third-order valence-corrected chi connectivity index (χ3v) is 3.68. The molecule has 1 heterocycles. The lowest BCUT2D eigenvalue weighted by atomic mass is 10.0. The Bertz CT molecular complexity index is 547. The van der Waals surface area contributed by atoms with E-state index in [2.05, 4.69) is 5.32 Å². The zero-order valence-corrected chi connectivity index (χ0v) is 15.1. The molecule has 0 bridgehead atoms. The lowest BCUT2D eigenvalue weighted by Gasteiger charge is -2.34. The number of hydrogen-bond acceptors (Lipinski definition) is 4. The van der Waals surface area contributed by atoms with Crippen molar-refractivity contribution in [1.29, 1.82) is 0 Å². The van der Waals surface area contributed by atoms with E-state index in [1.54, 1.807) is 11.0 Å². The van der Waals surface area contributed by atoms with Crippen LogP contribution in [0.5, 0.6) is 0 Å². The molecule has 1 saturated heterocycles. The van der Waals surface area contributed by atoms with Crippen LogP contribution in [0.15, 0.2) is 24.3 Å². The van der Waals surface area contributed by atoms with Gasteiger partial charge in [-0.2, -0.15) is 0 Å². The molecule has 1 aromatic carbocycles. The molecule has 0 aliphatic carbocycles. The van der Waals surface area contributed by atoms with Crippen LogP contribution in [0.1, 0.15) is 11.6 Å². The van der Waals surface area contributed by atoms with E-state index in [0.717, 1.165) is 0 Å². The smallest absolute Gasteiger partial charge is 0.277 e. The minimum atomic E-state index is -3.19. The van der Waals surface area contributed by atoms with Crippen molar-refractivity contribution in [2.45, 2.75) is 12.0 Å². The van der Waals surface area contributed by atoms with Crippen LogP contribution in [0, 0.1) is 5.82 Å². The Morgan fingerprint density at radius 2 is 1.88 bits per heavy atom. The van der Waals surface area contributed by atoms with Gasteiger partial charge in [0.05, 0.1) is 26.3 Å². The molecule has 1 fully saturated rings. The van der Waals surface area contributed by atoms with Crippen molar-refractivity contribution in [3.8, 4) is 0 Å². The number of benzene rings is 1. The van der Waals surface area contributed by atoms with Gasteiger partial charge in [0.2, 0.25) is 5.91 Å². The monoisotopic (exact) mass is 403 g/mol. The normalized spacial score (nSPS) is 16.3. The summed E-state index contributed by atoms with van der Waals surface area (Å²) in [6, 6.07) is 4.86. The molecule has 0 aromatic heterocycles. The van der Waals surface area contributed by atoms with Crippen molar-refractivity contribution in [3.05, 3.63) is 35.6 Å². The highest BCUT2D eigenvalue weighted by Gasteiger charge is 2.34. The lowest BCUT2D eigenvalue weighted by Crippen LogP contribution is -2.49. The molecule has 1 aromatic rings. The van der Waals surface area contributed by atoms with Gasteiger partial charge in [-0.3, -0.25) is 9.69 Å². The average Bonchev–Trinajstić information content (AvgIpc) is 2.56. The van der Waals surface area contributed by atoms with Crippen LogP contribution in [-0.2, 0) is 9.53 Å². The number of alkyl halides is 2. The molecule has 144 valence electrons. The summed E-state index contributed by atoms with van der Waals surface area (Å²) in [5.74, 6) is -4.42. The van der Waals surface area contributed by atoms with Crippen molar-refractivity contribution < 1.29 is 22.7 Å². The second-order valence-corrected chi connectivity index (χ2v) is 5.35. The average molecular weight is 404 g/mol. The van der Waals surface area contributed by atoms with E-state index >= 15 is 0 Å². The van der Waals surface area contributed by atoms with E-state index in [4.69, 9.17) is 10.5 Å². The third kappa shape index (κ3) is 6.63. The lowest BCUT2D eigenvalue weighted by molar-refractivity contribution is -0.130. The molecule has 5 nitrogen and oxygen atoms in total. The van der Waals surface area contributed by atoms with E-state index in [1.165, 1.54) is 18.2 Å². The number of nitrogens with one attached hydrogen (secondary N) is 1. The van der Waals surface area contributed by atoms with Crippen LogP contribution in [-0.4, -0.2) is 56.1 Å². The molecule has 1 atom stereocenters. The fourth-order valence-electron chi connectivity index (χ4n) is 2.42. The molecule has 1 aliphatic rings. The Balaban J connectivity index is 0.00000288. The largest absolute Gasteiger partial charge is 0.379 e. The molecule has 0 saturated carbocycles.